The number of thioether (sulfide) groups is 1. The Hall–Kier alpha value is -1.82. The molecule has 152 valence electrons. The van der Waals surface area contributed by atoms with E-state index in [4.69, 9.17) is 0 Å². The lowest BCUT2D eigenvalue weighted by Gasteiger charge is -2.34. The van der Waals surface area contributed by atoms with Gasteiger partial charge in [-0.2, -0.15) is 0 Å². The molecule has 1 saturated heterocycles. The second-order valence-corrected chi connectivity index (χ2v) is 8.01. The van der Waals surface area contributed by atoms with Crippen LogP contribution >= 0.6 is 11.8 Å². The van der Waals surface area contributed by atoms with Crippen LogP contribution in [0.15, 0.2) is 59.5 Å². The molecule has 3 rings (SSSR count). The number of carbonyl (C=O) groups excluding carboxylic acids is 1. The minimum absolute atomic E-state index is 0.365. The van der Waals surface area contributed by atoms with Crippen molar-refractivity contribution >= 4 is 18.2 Å². The normalized spacial score (nSPS) is 15.2. The minimum Gasteiger partial charge on any atom is -0.463 e. The molecule has 0 amide bonds. The molecule has 2 aromatic rings. The fourth-order valence-electron chi connectivity index (χ4n) is 3.12. The minimum atomic E-state index is -0.624. The van der Waals surface area contributed by atoms with Crippen LogP contribution in [-0.4, -0.2) is 30.4 Å². The second-order valence-electron chi connectivity index (χ2n) is 6.87. The van der Waals surface area contributed by atoms with Gasteiger partial charge in [-0.15, -0.1) is 11.8 Å². The Balaban J connectivity index is 0.000000237. The third kappa shape index (κ3) is 7.30. The zero-order valence-corrected chi connectivity index (χ0v) is 17.4. The van der Waals surface area contributed by atoms with Gasteiger partial charge in [-0.3, -0.25) is 4.79 Å². The highest BCUT2D eigenvalue weighted by Crippen LogP contribution is 2.37. The lowest BCUT2D eigenvalue weighted by Crippen LogP contribution is -2.40. The van der Waals surface area contributed by atoms with Crippen LogP contribution in [0.4, 0.5) is 0 Å². The summed E-state index contributed by atoms with van der Waals surface area (Å²) in [5, 5.41) is 14.1. The molecule has 5 heteroatoms. The predicted octanol–water partition coefficient (Wildman–Crippen LogP) is 4.51. The fourth-order valence-corrected chi connectivity index (χ4v) is 4.36. The average molecular weight is 402 g/mol. The molecule has 1 fully saturated rings. The number of hydrogen-bond acceptors (Lipinski definition) is 5. The van der Waals surface area contributed by atoms with Gasteiger partial charge in [-0.25, -0.2) is 0 Å². The predicted molar refractivity (Wildman–Crippen MR) is 115 cm³/mol. The molecule has 0 aromatic heterocycles. The fraction of sp³-hybridized carbons (Fsp3) is 0.435. The summed E-state index contributed by atoms with van der Waals surface area (Å²) in [7, 11) is 0. The average Bonchev–Trinajstić information content (AvgIpc) is 2.74. The quantitative estimate of drug-likeness (QED) is 0.387. The lowest BCUT2D eigenvalue weighted by molar-refractivity contribution is -0.129. The van der Waals surface area contributed by atoms with E-state index in [9.17, 15) is 9.90 Å². The molecule has 0 atom stereocenters. The summed E-state index contributed by atoms with van der Waals surface area (Å²) in [5.74, 6) is 1.14. The molecule has 1 aliphatic rings. The van der Waals surface area contributed by atoms with E-state index in [1.807, 2.05) is 48.2 Å². The number of ether oxygens (including phenoxy) is 1. The summed E-state index contributed by atoms with van der Waals surface area (Å²) >= 11 is 1.88. The molecule has 0 radical (unpaired) electrons. The van der Waals surface area contributed by atoms with Crippen molar-refractivity contribution in [1.82, 2.24) is 5.32 Å². The molecular formula is C23H31NO3S. The maximum atomic E-state index is 10.8. The number of nitrogens with one attached hydrogen (secondary N) is 1. The Morgan fingerprint density at radius 3 is 2.46 bits per heavy atom. The van der Waals surface area contributed by atoms with Gasteiger partial charge in [-0.1, -0.05) is 61.9 Å². The Bertz CT molecular complexity index is 687. The van der Waals surface area contributed by atoms with Crippen molar-refractivity contribution in [3.05, 3.63) is 65.7 Å². The smallest absolute Gasteiger partial charge is 0.293 e. The van der Waals surface area contributed by atoms with Crippen LogP contribution in [0.5, 0.6) is 0 Å². The number of unbranched alkanes of at least 4 members (excludes halogenated alkanes) is 1. The van der Waals surface area contributed by atoms with Crippen molar-refractivity contribution in [2.24, 2.45) is 0 Å². The standard InChI is InChI=1S/C15H23NOS.C8H8O2/c1-2-3-12-18-14-7-5-4-6-13(14)15(17)8-10-16-11-9-15;9-7-10-6-8-4-2-1-3-5-8/h4-7,16-17H,2-3,8-12H2,1H3;1-5,7H,6H2. The number of aliphatic hydroxyl groups is 1. The number of benzene rings is 2. The summed E-state index contributed by atoms with van der Waals surface area (Å²) in [6, 6.07) is 17.9. The molecule has 0 aliphatic carbocycles. The van der Waals surface area contributed by atoms with Crippen LogP contribution in [0, 0.1) is 0 Å². The van der Waals surface area contributed by atoms with Crippen molar-refractivity contribution in [3.8, 4) is 0 Å². The third-order valence-electron chi connectivity index (χ3n) is 4.74. The van der Waals surface area contributed by atoms with E-state index in [0.29, 0.717) is 13.1 Å². The van der Waals surface area contributed by atoms with Gasteiger partial charge < -0.3 is 15.2 Å². The highest BCUT2D eigenvalue weighted by molar-refractivity contribution is 7.99. The summed E-state index contributed by atoms with van der Waals surface area (Å²) in [6.45, 7) is 4.85. The first-order valence-electron chi connectivity index (χ1n) is 9.94. The number of hydrogen-bond donors (Lipinski definition) is 2. The highest BCUT2D eigenvalue weighted by Gasteiger charge is 2.32. The molecule has 0 unspecified atom stereocenters. The highest BCUT2D eigenvalue weighted by atomic mass is 32.2. The largest absolute Gasteiger partial charge is 0.463 e. The van der Waals surface area contributed by atoms with E-state index < -0.39 is 5.60 Å². The Morgan fingerprint density at radius 1 is 1.11 bits per heavy atom. The zero-order valence-electron chi connectivity index (χ0n) is 16.6. The van der Waals surface area contributed by atoms with Crippen LogP contribution < -0.4 is 5.32 Å². The molecule has 2 aromatic carbocycles. The van der Waals surface area contributed by atoms with Crippen LogP contribution in [0.2, 0.25) is 0 Å². The van der Waals surface area contributed by atoms with Crippen molar-refractivity contribution in [1.29, 1.82) is 0 Å². The number of rotatable bonds is 8. The molecule has 28 heavy (non-hydrogen) atoms. The van der Waals surface area contributed by atoms with Crippen molar-refractivity contribution in [3.63, 3.8) is 0 Å². The molecule has 0 bridgehead atoms. The second kappa shape index (κ2) is 12.6. The van der Waals surface area contributed by atoms with Gasteiger partial charge in [0.25, 0.3) is 6.47 Å². The topological polar surface area (TPSA) is 58.6 Å². The Morgan fingerprint density at radius 2 is 1.79 bits per heavy atom. The molecule has 0 saturated carbocycles. The molecule has 2 N–H and O–H groups in total. The molecule has 1 heterocycles. The van der Waals surface area contributed by atoms with Gasteiger partial charge in [0, 0.05) is 4.90 Å². The van der Waals surface area contributed by atoms with Crippen LogP contribution in [-0.2, 0) is 21.7 Å². The molecular weight excluding hydrogens is 370 g/mol. The number of piperidine rings is 1. The van der Waals surface area contributed by atoms with Gasteiger partial charge in [-0.05, 0) is 55.3 Å². The van der Waals surface area contributed by atoms with Gasteiger partial charge in [0.2, 0.25) is 0 Å². The van der Waals surface area contributed by atoms with Crippen molar-refractivity contribution in [2.45, 2.75) is 49.7 Å². The van der Waals surface area contributed by atoms with Crippen molar-refractivity contribution < 1.29 is 14.6 Å². The third-order valence-corrected chi connectivity index (χ3v) is 5.90. The molecule has 1 aliphatic heterocycles. The maximum Gasteiger partial charge on any atom is 0.293 e. The first kappa shape index (κ1) is 22.5. The molecule has 0 spiro atoms. The van der Waals surface area contributed by atoms with E-state index >= 15 is 0 Å². The monoisotopic (exact) mass is 401 g/mol. The maximum absolute atomic E-state index is 10.8. The van der Waals surface area contributed by atoms with E-state index in [2.05, 4.69) is 35.2 Å². The van der Waals surface area contributed by atoms with Gasteiger partial charge in [0.15, 0.2) is 0 Å². The Labute approximate surface area is 172 Å². The van der Waals surface area contributed by atoms with Crippen LogP contribution in [0.25, 0.3) is 0 Å². The summed E-state index contributed by atoms with van der Waals surface area (Å²) in [4.78, 5) is 11.0. The summed E-state index contributed by atoms with van der Waals surface area (Å²) in [5.41, 5.74) is 1.52. The lowest BCUT2D eigenvalue weighted by atomic mass is 9.85. The van der Waals surface area contributed by atoms with Crippen LogP contribution in [0.1, 0.15) is 43.7 Å². The van der Waals surface area contributed by atoms with Gasteiger partial charge in [0.05, 0.1) is 5.60 Å². The first-order valence-corrected chi connectivity index (χ1v) is 10.9. The van der Waals surface area contributed by atoms with E-state index in [1.165, 1.54) is 17.7 Å². The van der Waals surface area contributed by atoms with Gasteiger partial charge in [0.1, 0.15) is 6.61 Å². The van der Waals surface area contributed by atoms with E-state index in [-0.39, 0.29) is 0 Å². The summed E-state index contributed by atoms with van der Waals surface area (Å²) < 4.78 is 4.54. The number of carbonyl (C=O) groups is 1. The SMILES string of the molecule is CCCCSc1ccccc1C1(O)CCNCC1.O=COCc1ccccc1. The zero-order chi connectivity index (χ0) is 20.1. The van der Waals surface area contributed by atoms with E-state index in [0.717, 1.165) is 42.8 Å². The van der Waals surface area contributed by atoms with Crippen LogP contribution in [0.3, 0.4) is 0 Å². The van der Waals surface area contributed by atoms with Gasteiger partial charge >= 0.3 is 0 Å². The van der Waals surface area contributed by atoms with E-state index in [1.54, 1.807) is 0 Å². The van der Waals surface area contributed by atoms with Crippen molar-refractivity contribution in [2.75, 3.05) is 18.8 Å². The molecule has 4 nitrogen and oxygen atoms in total. The first-order chi connectivity index (χ1) is 13.7. The Kier molecular flexibility index (Phi) is 10.1. The summed E-state index contributed by atoms with van der Waals surface area (Å²) in [6.07, 6.45) is 4.10.